The maximum atomic E-state index is 13.2. The van der Waals surface area contributed by atoms with E-state index >= 15 is 0 Å². The van der Waals surface area contributed by atoms with Crippen molar-refractivity contribution in [2.45, 2.75) is 144 Å². The first-order chi connectivity index (χ1) is 46.4. The van der Waals surface area contributed by atoms with Crippen molar-refractivity contribution in [1.29, 1.82) is 0 Å². The molecule has 6 atom stereocenters. The molecule has 2 heterocycles. The molecule has 6 amide bonds. The topological polar surface area (TPSA) is 440 Å². The molecular weight excluding hydrogens is 1340 g/mol. The highest BCUT2D eigenvalue weighted by Gasteiger charge is 2.29. The quantitative estimate of drug-likeness (QED) is 0.0188. The first-order valence-corrected chi connectivity index (χ1v) is 36.3. The number of phosphoric ester groups is 3. The molecule has 28 nitrogen and oxygen atoms in total. The minimum absolute atomic E-state index is 0.00685. The molecule has 0 aliphatic rings. The van der Waals surface area contributed by atoms with Crippen molar-refractivity contribution in [3.63, 3.8) is 0 Å². The average molecular weight is 1430 g/mol. The molecule has 534 valence electrons. The number of carbonyl (C=O) groups is 6. The van der Waals surface area contributed by atoms with Crippen molar-refractivity contribution in [2.24, 2.45) is 17.8 Å². The molecule has 0 saturated heterocycles. The number of pyridine rings is 1. The molecule has 0 aliphatic heterocycles. The molecule has 31 heteroatoms. The van der Waals surface area contributed by atoms with Gasteiger partial charge in [0.25, 0.3) is 17.7 Å². The lowest BCUT2D eigenvalue weighted by molar-refractivity contribution is -0.124. The van der Waals surface area contributed by atoms with Crippen molar-refractivity contribution < 1.29 is 85.4 Å². The van der Waals surface area contributed by atoms with Gasteiger partial charge in [0.1, 0.15) is 46.9 Å². The largest absolute Gasteiger partial charge is 0.524 e. The fraction of sp³-hybridized carbons (Fsp3) is 0.368. The van der Waals surface area contributed by atoms with Crippen molar-refractivity contribution in [2.75, 3.05) is 5.73 Å². The zero-order valence-corrected chi connectivity index (χ0v) is 59.3. The van der Waals surface area contributed by atoms with Gasteiger partial charge < -0.3 is 51.2 Å². The van der Waals surface area contributed by atoms with Gasteiger partial charge in [0.05, 0.1) is 17.5 Å². The molecule has 0 radical (unpaired) electrons. The monoisotopic (exact) mass is 1430 g/mol. The number of aryl methyl sites for hydroxylation is 1. The number of rotatable bonds is 30. The highest BCUT2D eigenvalue weighted by molar-refractivity contribution is 7.47. The van der Waals surface area contributed by atoms with Crippen LogP contribution in [0.15, 0.2) is 146 Å². The lowest BCUT2D eigenvalue weighted by Gasteiger charge is -2.23. The van der Waals surface area contributed by atoms with Gasteiger partial charge in [-0.05, 0) is 147 Å². The number of nitrogen functional groups attached to an aromatic ring is 1. The van der Waals surface area contributed by atoms with E-state index in [0.29, 0.717) is 45.7 Å². The molecule has 0 spiro atoms. The van der Waals surface area contributed by atoms with Crippen LogP contribution < -0.4 is 51.2 Å². The van der Waals surface area contributed by atoms with E-state index in [0.717, 1.165) is 30.0 Å². The number of hydrogen-bond acceptors (Lipinski definition) is 16. The van der Waals surface area contributed by atoms with Gasteiger partial charge in [0, 0.05) is 55.3 Å². The minimum atomic E-state index is -4.67. The van der Waals surface area contributed by atoms with Crippen LogP contribution in [-0.4, -0.2) is 116 Å². The number of benzene rings is 5. The van der Waals surface area contributed by atoms with Gasteiger partial charge in [-0.25, -0.2) is 23.7 Å². The van der Waals surface area contributed by atoms with E-state index in [2.05, 4.69) is 102 Å². The number of nitrogens with one attached hydrogen (secondary N) is 6. The fourth-order valence-corrected chi connectivity index (χ4v) is 11.5. The summed E-state index contributed by atoms with van der Waals surface area (Å²) in [6.07, 6.45) is 6.99. The van der Waals surface area contributed by atoms with E-state index in [9.17, 15) is 42.5 Å². The van der Waals surface area contributed by atoms with Crippen LogP contribution in [0.2, 0.25) is 0 Å². The van der Waals surface area contributed by atoms with Crippen molar-refractivity contribution in [3.05, 3.63) is 185 Å². The van der Waals surface area contributed by atoms with Gasteiger partial charge >= 0.3 is 23.5 Å². The Labute approximate surface area is 575 Å². The lowest BCUT2D eigenvalue weighted by Crippen LogP contribution is -2.50. The minimum Gasteiger partial charge on any atom is -0.404 e. The number of carbonyl (C=O) groups excluding carboxylic acids is 6. The Bertz CT molecular complexity index is 3780. The van der Waals surface area contributed by atoms with Crippen LogP contribution in [0.5, 0.6) is 17.2 Å². The molecule has 14 N–H and O–H groups in total. The summed E-state index contributed by atoms with van der Waals surface area (Å²) >= 11 is 0. The number of nitrogens with zero attached hydrogens (tertiary/aromatic N) is 3. The van der Waals surface area contributed by atoms with Crippen LogP contribution in [0.25, 0.3) is 10.8 Å². The first-order valence-electron chi connectivity index (χ1n) is 31.7. The Kier molecular flexibility index (Phi) is 30.9. The number of amides is 6. The maximum absolute atomic E-state index is 13.2. The molecule has 0 aliphatic carbocycles. The third-order valence-corrected chi connectivity index (χ3v) is 15.7. The van der Waals surface area contributed by atoms with Gasteiger partial charge in [-0.2, -0.15) is 0 Å². The van der Waals surface area contributed by atoms with Crippen LogP contribution in [0.3, 0.4) is 0 Å². The molecule has 0 bridgehead atoms. The predicted molar refractivity (Wildman–Crippen MR) is 373 cm³/mol. The lowest BCUT2D eigenvalue weighted by atomic mass is 10.0. The number of hydrogen-bond donors (Lipinski definition) is 13. The number of nitrogens with two attached hydrogens (primary N) is 1. The summed E-state index contributed by atoms with van der Waals surface area (Å²) in [6.45, 7) is 19.8. The molecule has 0 saturated carbocycles. The Hall–Kier alpha value is -8.94. The van der Waals surface area contributed by atoms with E-state index in [-0.39, 0.29) is 95.3 Å². The summed E-state index contributed by atoms with van der Waals surface area (Å²) in [7, 11) is -14.0. The third kappa shape index (κ3) is 30.4. The Morgan fingerprint density at radius 3 is 1.15 bits per heavy atom. The van der Waals surface area contributed by atoms with Gasteiger partial charge in [0.2, 0.25) is 17.7 Å². The smallest absolute Gasteiger partial charge is 0.404 e. The molecule has 7 rings (SSSR count). The molecule has 99 heavy (non-hydrogen) atoms. The number of fused-ring (bicyclic) bond motifs is 1. The summed E-state index contributed by atoms with van der Waals surface area (Å²) in [4.78, 5) is 143. The fourth-order valence-electron chi connectivity index (χ4n) is 10.3. The van der Waals surface area contributed by atoms with E-state index < -0.39 is 53.4 Å². The summed E-state index contributed by atoms with van der Waals surface area (Å²) in [5.41, 5.74) is 9.06. The number of anilines is 1. The second kappa shape index (κ2) is 37.9. The molecule has 0 fully saturated rings. The third-order valence-electron chi connectivity index (χ3n) is 14.4. The number of phosphoric acid groups is 3. The molecule has 2 aromatic heterocycles. The Morgan fingerprint density at radius 2 is 0.798 bits per heavy atom. The van der Waals surface area contributed by atoms with Gasteiger partial charge in [-0.1, -0.05) is 114 Å². The van der Waals surface area contributed by atoms with Gasteiger partial charge in [-0.15, -0.1) is 0 Å². The molecule has 6 unspecified atom stereocenters. The van der Waals surface area contributed by atoms with E-state index in [1.165, 1.54) is 67.1 Å². The standard InChI is InChI=1S/C26H31N2O6P.2C21H29N4O6P/c1-17(2)15-18(3)27-26(30)24(16-19-11-13-21(14-12-19)34-35(31,32)33)28-25(29)23-10-6-8-20-7-4-5-9-22(20)23;1-13(2)9-14(3)24-20(26)18(25-21(27)19-12-22-15(4)11-23-19)10-16-5-7-17(8-6-16)31-32(28,29)30;1-13(2)10-14(3)24-21(27)18(25-20(26)16-6-9-19(22)23-12-16)11-15-4-7-17(8-5-15)31-32(28,29)30/h4-14,17-18,24H,15-16H2,1-3H3,(H,27,30)(H,28,29)(H2,31,32,33);5-8,11-14,18H,9-10H2,1-4H3,(H,24,26)(H,25,27)(H2,28,29,30);4-9,12-14,18H,10-11H2,1-3H3,(H2,22,23)(H,24,27)(H,25,26)(H2,28,29,30). The predicted octanol–water partition coefficient (Wildman–Crippen LogP) is 8.38. The molecule has 5 aromatic carbocycles. The molecular formula is C68H89N10O18P3. The summed E-state index contributed by atoms with van der Waals surface area (Å²) in [5.74, 6) is -0.914. The second-order valence-electron chi connectivity index (χ2n) is 25.0. The summed E-state index contributed by atoms with van der Waals surface area (Å²) in [6, 6.07) is 31.0. The normalized spacial score (nSPS) is 13.3. The average Bonchev–Trinajstić information content (AvgIpc) is 0.816. The van der Waals surface area contributed by atoms with Crippen LogP contribution in [-0.2, 0) is 47.3 Å². The number of aromatic nitrogens is 3. The van der Waals surface area contributed by atoms with E-state index in [4.69, 9.17) is 35.1 Å². The highest BCUT2D eigenvalue weighted by atomic mass is 31.2. The van der Waals surface area contributed by atoms with E-state index in [1.54, 1.807) is 55.5 Å². The Balaban J connectivity index is 0.000000268. The van der Waals surface area contributed by atoms with Gasteiger partial charge in [-0.3, -0.25) is 63.1 Å². The van der Waals surface area contributed by atoms with Crippen LogP contribution in [0.4, 0.5) is 5.82 Å². The first kappa shape index (κ1) is 80.7. The van der Waals surface area contributed by atoms with Gasteiger partial charge in [0.15, 0.2) is 0 Å². The summed E-state index contributed by atoms with van der Waals surface area (Å²) < 4.78 is 46.6. The van der Waals surface area contributed by atoms with Crippen molar-refractivity contribution in [1.82, 2.24) is 46.9 Å². The SMILES string of the molecule is CC(C)CC(C)NC(=O)C(Cc1ccc(OP(=O)(O)O)cc1)NC(=O)c1ccc(N)nc1.CC(C)CC(C)NC(=O)C(Cc1ccc(OP(=O)(O)O)cc1)NC(=O)c1cccc2ccccc12.Cc1cnc(C(=O)NC(Cc2ccc(OP(=O)(O)O)cc2)C(=O)NC(C)CC(C)C)cn1. The molecule has 7 aromatic rings. The van der Waals surface area contributed by atoms with Crippen LogP contribution in [0.1, 0.15) is 135 Å². The Morgan fingerprint density at radius 1 is 0.424 bits per heavy atom. The second-order valence-corrected chi connectivity index (χ2v) is 28.5. The maximum Gasteiger partial charge on any atom is 0.524 e. The highest BCUT2D eigenvalue weighted by Crippen LogP contribution is 2.39. The van der Waals surface area contributed by atoms with Crippen LogP contribution in [0, 0.1) is 24.7 Å². The van der Waals surface area contributed by atoms with Crippen molar-refractivity contribution >= 4 is 75.5 Å². The summed E-state index contributed by atoms with van der Waals surface area (Å²) in [5, 5.41) is 18.9. The zero-order chi connectivity index (χ0) is 73.4. The van der Waals surface area contributed by atoms with Crippen molar-refractivity contribution in [3.8, 4) is 17.2 Å². The van der Waals surface area contributed by atoms with E-state index in [1.807, 2.05) is 51.1 Å². The zero-order valence-electron chi connectivity index (χ0n) is 56.6. The van der Waals surface area contributed by atoms with Crippen LogP contribution >= 0.6 is 23.5 Å².